The lowest BCUT2D eigenvalue weighted by Crippen LogP contribution is -2.13. The molecule has 0 aliphatic heterocycles. The zero-order valence-electron chi connectivity index (χ0n) is 12.8. The van der Waals surface area contributed by atoms with Crippen molar-refractivity contribution in [2.75, 3.05) is 5.32 Å². The Balaban J connectivity index is 2.11. The van der Waals surface area contributed by atoms with Crippen LogP contribution in [0.4, 0.5) is 14.5 Å². The summed E-state index contributed by atoms with van der Waals surface area (Å²) in [4.78, 5) is 12.6. The van der Waals surface area contributed by atoms with Gasteiger partial charge in [-0.05, 0) is 42.8 Å². The molecule has 0 bridgehead atoms. The number of carbonyl (C=O) groups excluding carboxylic acids is 1. The van der Waals surface area contributed by atoms with Gasteiger partial charge in [-0.1, -0.05) is 41.6 Å². The Labute approximate surface area is 143 Å². The number of thioether (sulfide) groups is 1. The Hall–Kier alpha value is -2.65. The molecule has 0 unspecified atom stereocenters. The molecule has 0 spiro atoms. The number of hydrogen-bond donors (Lipinski definition) is 1. The predicted octanol–water partition coefficient (Wildman–Crippen LogP) is 4.86. The van der Waals surface area contributed by atoms with E-state index in [9.17, 15) is 18.8 Å². The Morgan fingerprint density at radius 1 is 1.25 bits per heavy atom. The van der Waals surface area contributed by atoms with Gasteiger partial charge in [0.25, 0.3) is 11.7 Å². The van der Waals surface area contributed by atoms with E-state index in [2.05, 4.69) is 5.32 Å². The van der Waals surface area contributed by atoms with Crippen LogP contribution in [0.25, 0.3) is 6.08 Å². The SMILES string of the molecule is Cc1cccc(/C=C(\C#N)C(=O)Nc2ccc(SC(F)F)cc2)c1. The lowest BCUT2D eigenvalue weighted by molar-refractivity contribution is -0.112. The van der Waals surface area contributed by atoms with Crippen molar-refractivity contribution in [2.45, 2.75) is 17.6 Å². The molecule has 0 heterocycles. The Morgan fingerprint density at radius 3 is 2.54 bits per heavy atom. The lowest BCUT2D eigenvalue weighted by atomic mass is 10.1. The zero-order chi connectivity index (χ0) is 17.5. The van der Waals surface area contributed by atoms with Crippen LogP contribution in [-0.2, 0) is 4.79 Å². The van der Waals surface area contributed by atoms with Crippen LogP contribution in [-0.4, -0.2) is 11.7 Å². The number of nitriles is 1. The normalized spacial score (nSPS) is 11.2. The molecule has 0 aliphatic carbocycles. The summed E-state index contributed by atoms with van der Waals surface area (Å²) in [6.45, 7) is 1.92. The van der Waals surface area contributed by atoms with Gasteiger partial charge in [0, 0.05) is 10.6 Å². The first-order valence-electron chi connectivity index (χ1n) is 7.02. The van der Waals surface area contributed by atoms with E-state index in [-0.39, 0.29) is 5.57 Å². The van der Waals surface area contributed by atoms with E-state index in [0.717, 1.165) is 11.1 Å². The second-order valence-corrected chi connectivity index (χ2v) is 6.00. The average Bonchev–Trinajstić information content (AvgIpc) is 2.54. The van der Waals surface area contributed by atoms with Gasteiger partial charge in [0.2, 0.25) is 0 Å². The van der Waals surface area contributed by atoms with Crippen molar-refractivity contribution in [1.29, 1.82) is 5.26 Å². The van der Waals surface area contributed by atoms with Gasteiger partial charge in [0.05, 0.1) is 0 Å². The number of alkyl halides is 2. The molecule has 0 radical (unpaired) electrons. The minimum atomic E-state index is -2.49. The molecule has 0 aromatic heterocycles. The highest BCUT2D eigenvalue weighted by Gasteiger charge is 2.10. The molecule has 0 fully saturated rings. The third kappa shape index (κ3) is 5.21. The molecule has 2 aromatic carbocycles. The highest BCUT2D eigenvalue weighted by Crippen LogP contribution is 2.26. The van der Waals surface area contributed by atoms with Crippen molar-refractivity contribution in [2.24, 2.45) is 0 Å². The number of halogens is 2. The highest BCUT2D eigenvalue weighted by molar-refractivity contribution is 7.99. The van der Waals surface area contributed by atoms with Gasteiger partial charge in [0.1, 0.15) is 11.6 Å². The Morgan fingerprint density at radius 2 is 1.96 bits per heavy atom. The van der Waals surface area contributed by atoms with Crippen LogP contribution in [0.3, 0.4) is 0 Å². The summed E-state index contributed by atoms with van der Waals surface area (Å²) in [5, 5.41) is 11.8. The third-order valence-corrected chi connectivity index (χ3v) is 3.78. The highest BCUT2D eigenvalue weighted by atomic mass is 32.2. The van der Waals surface area contributed by atoms with E-state index < -0.39 is 11.7 Å². The largest absolute Gasteiger partial charge is 0.321 e. The van der Waals surface area contributed by atoms with Crippen molar-refractivity contribution in [3.63, 3.8) is 0 Å². The fourth-order valence-electron chi connectivity index (χ4n) is 1.99. The van der Waals surface area contributed by atoms with E-state index in [0.29, 0.717) is 22.3 Å². The number of hydrogen-bond acceptors (Lipinski definition) is 3. The van der Waals surface area contributed by atoms with Crippen LogP contribution in [0, 0.1) is 18.3 Å². The topological polar surface area (TPSA) is 52.9 Å². The van der Waals surface area contributed by atoms with E-state index in [1.54, 1.807) is 6.07 Å². The molecule has 24 heavy (non-hydrogen) atoms. The molecular formula is C18H14F2N2OS. The number of nitrogens with zero attached hydrogens (tertiary/aromatic N) is 1. The molecular weight excluding hydrogens is 330 g/mol. The molecule has 0 atom stereocenters. The molecule has 0 saturated heterocycles. The van der Waals surface area contributed by atoms with Crippen LogP contribution in [0.15, 0.2) is 59.0 Å². The minimum absolute atomic E-state index is 0.0355. The summed E-state index contributed by atoms with van der Waals surface area (Å²) in [5.74, 6) is -3.04. The van der Waals surface area contributed by atoms with E-state index in [1.807, 2.05) is 31.2 Å². The number of carbonyl (C=O) groups is 1. The summed E-state index contributed by atoms with van der Waals surface area (Å²) in [5.41, 5.74) is 2.18. The number of amides is 1. The number of anilines is 1. The molecule has 0 saturated carbocycles. The Kier molecular flexibility index (Phi) is 6.10. The van der Waals surface area contributed by atoms with Gasteiger partial charge < -0.3 is 5.32 Å². The maximum absolute atomic E-state index is 12.3. The average molecular weight is 344 g/mol. The molecule has 3 nitrogen and oxygen atoms in total. The van der Waals surface area contributed by atoms with E-state index >= 15 is 0 Å². The molecule has 2 aromatic rings. The molecule has 1 N–H and O–H groups in total. The van der Waals surface area contributed by atoms with Gasteiger partial charge in [-0.15, -0.1) is 0 Å². The monoisotopic (exact) mass is 344 g/mol. The summed E-state index contributed by atoms with van der Waals surface area (Å²) in [7, 11) is 0. The van der Waals surface area contributed by atoms with Crippen LogP contribution in [0.2, 0.25) is 0 Å². The van der Waals surface area contributed by atoms with Gasteiger partial charge in [-0.3, -0.25) is 4.79 Å². The van der Waals surface area contributed by atoms with Crippen molar-refractivity contribution < 1.29 is 13.6 Å². The second kappa shape index (κ2) is 8.27. The maximum atomic E-state index is 12.3. The first-order chi connectivity index (χ1) is 11.5. The Bertz CT molecular complexity index is 795. The quantitative estimate of drug-likeness (QED) is 0.479. The van der Waals surface area contributed by atoms with Gasteiger partial charge in [-0.2, -0.15) is 14.0 Å². The summed E-state index contributed by atoms with van der Waals surface area (Å²) in [6, 6.07) is 15.3. The van der Waals surface area contributed by atoms with Crippen molar-refractivity contribution in [1.82, 2.24) is 0 Å². The van der Waals surface area contributed by atoms with Crippen molar-refractivity contribution in [3.8, 4) is 6.07 Å². The molecule has 1 amide bonds. The summed E-state index contributed by atoms with van der Waals surface area (Å²) >= 11 is 0.430. The van der Waals surface area contributed by atoms with E-state index in [4.69, 9.17) is 0 Å². The fraction of sp³-hybridized carbons (Fsp3) is 0.111. The predicted molar refractivity (Wildman–Crippen MR) is 91.7 cm³/mol. The van der Waals surface area contributed by atoms with Gasteiger partial charge in [0.15, 0.2) is 0 Å². The first-order valence-corrected chi connectivity index (χ1v) is 7.90. The first kappa shape index (κ1) is 17.7. The standard InChI is InChI=1S/C18H14F2N2OS/c1-12-3-2-4-13(9-12)10-14(11-21)17(23)22-15-5-7-16(8-6-15)24-18(19)20/h2-10,18H,1H3,(H,22,23)/b14-10+. The molecule has 2 rings (SSSR count). The number of aryl methyl sites for hydroxylation is 1. The van der Waals surface area contributed by atoms with E-state index in [1.165, 1.54) is 30.3 Å². The molecule has 6 heteroatoms. The number of nitrogens with one attached hydrogen (secondary N) is 1. The smallest absolute Gasteiger partial charge is 0.288 e. The van der Waals surface area contributed by atoms with Crippen LogP contribution in [0.1, 0.15) is 11.1 Å². The maximum Gasteiger partial charge on any atom is 0.288 e. The van der Waals surface area contributed by atoms with Gasteiger partial charge in [-0.25, -0.2) is 0 Å². The summed E-state index contributed by atoms with van der Waals surface area (Å²) < 4.78 is 24.5. The fourth-order valence-corrected chi connectivity index (χ4v) is 2.49. The third-order valence-electron chi connectivity index (χ3n) is 3.06. The zero-order valence-corrected chi connectivity index (χ0v) is 13.6. The van der Waals surface area contributed by atoms with Crippen LogP contribution < -0.4 is 5.32 Å². The molecule has 122 valence electrons. The lowest BCUT2D eigenvalue weighted by Gasteiger charge is -2.06. The molecule has 0 aliphatic rings. The van der Waals surface area contributed by atoms with Gasteiger partial charge >= 0.3 is 0 Å². The van der Waals surface area contributed by atoms with Crippen molar-refractivity contribution in [3.05, 3.63) is 65.2 Å². The second-order valence-electron chi connectivity index (χ2n) is 4.94. The number of rotatable bonds is 5. The van der Waals surface area contributed by atoms with Crippen LogP contribution >= 0.6 is 11.8 Å². The number of benzene rings is 2. The summed E-state index contributed by atoms with van der Waals surface area (Å²) in [6.07, 6.45) is 1.50. The minimum Gasteiger partial charge on any atom is -0.321 e. The van der Waals surface area contributed by atoms with Crippen molar-refractivity contribution >= 4 is 29.4 Å². The van der Waals surface area contributed by atoms with Crippen LogP contribution in [0.5, 0.6) is 0 Å².